The third-order valence-corrected chi connectivity index (χ3v) is 7.10. The van der Waals surface area contributed by atoms with Crippen molar-refractivity contribution in [3.63, 3.8) is 0 Å². The summed E-state index contributed by atoms with van der Waals surface area (Å²) in [7, 11) is 3.54. The number of aliphatic imine (C=N–C) groups is 1. The number of carbonyl (C=O) groups excluding carboxylic acids is 1. The molecule has 180 valence electrons. The number of likely N-dealkylation sites (tertiary alicyclic amines) is 1. The highest BCUT2D eigenvalue weighted by Gasteiger charge is 2.33. The van der Waals surface area contributed by atoms with Gasteiger partial charge in [0, 0.05) is 40.4 Å². The first-order valence-corrected chi connectivity index (χ1v) is 11.9. The predicted octanol–water partition coefficient (Wildman–Crippen LogP) is 3.85. The van der Waals surface area contributed by atoms with Gasteiger partial charge in [0.1, 0.15) is 0 Å². The molecule has 1 aliphatic carbocycles. The molecule has 0 unspecified atom stereocenters. The Labute approximate surface area is 211 Å². The second-order valence-corrected chi connectivity index (χ2v) is 9.24. The minimum absolute atomic E-state index is 0. The number of hydrogen-bond acceptors (Lipinski definition) is 3. The smallest absolute Gasteiger partial charge is 0.241 e. The molecule has 1 aromatic carbocycles. The first-order chi connectivity index (χ1) is 15.1. The van der Waals surface area contributed by atoms with E-state index in [0.29, 0.717) is 12.5 Å². The lowest BCUT2D eigenvalue weighted by molar-refractivity contribution is -0.131. The van der Waals surface area contributed by atoms with Crippen molar-refractivity contribution in [1.29, 1.82) is 0 Å². The second kappa shape index (κ2) is 14.0. The van der Waals surface area contributed by atoms with Gasteiger partial charge in [0.25, 0.3) is 0 Å². The van der Waals surface area contributed by atoms with E-state index in [0.717, 1.165) is 57.9 Å². The Morgan fingerprint density at radius 3 is 2.47 bits per heavy atom. The number of ether oxygens (including phenoxy) is 1. The molecule has 0 bridgehead atoms. The van der Waals surface area contributed by atoms with Crippen LogP contribution in [-0.4, -0.2) is 63.7 Å². The number of benzene rings is 1. The zero-order valence-corrected chi connectivity index (χ0v) is 22.1. The highest BCUT2D eigenvalue weighted by atomic mass is 127. The number of amides is 1. The maximum Gasteiger partial charge on any atom is 0.241 e. The topological polar surface area (TPSA) is 66.0 Å². The van der Waals surface area contributed by atoms with E-state index in [4.69, 9.17) is 4.74 Å². The molecule has 1 amide bonds. The van der Waals surface area contributed by atoms with E-state index in [1.165, 1.54) is 31.2 Å². The van der Waals surface area contributed by atoms with Crippen LogP contribution in [0.15, 0.2) is 35.3 Å². The van der Waals surface area contributed by atoms with Gasteiger partial charge in [-0.25, -0.2) is 0 Å². The molecule has 3 rings (SSSR count). The molecular formula is C25H41IN4O2. The van der Waals surface area contributed by atoms with Gasteiger partial charge < -0.3 is 20.3 Å². The molecular weight excluding hydrogens is 515 g/mol. The molecule has 1 saturated carbocycles. The van der Waals surface area contributed by atoms with Crippen molar-refractivity contribution in [2.24, 2.45) is 16.3 Å². The average molecular weight is 557 g/mol. The van der Waals surface area contributed by atoms with Gasteiger partial charge in [-0.2, -0.15) is 0 Å². The minimum Gasteiger partial charge on any atom is -0.385 e. The van der Waals surface area contributed by atoms with Crippen LogP contribution >= 0.6 is 24.0 Å². The van der Waals surface area contributed by atoms with Crippen LogP contribution in [0.5, 0.6) is 0 Å². The number of methoxy groups -OCH3 is 1. The van der Waals surface area contributed by atoms with E-state index in [2.05, 4.69) is 46.0 Å². The van der Waals surface area contributed by atoms with Crippen molar-refractivity contribution >= 4 is 35.8 Å². The van der Waals surface area contributed by atoms with Gasteiger partial charge in [0.2, 0.25) is 5.91 Å². The quantitative estimate of drug-likeness (QED) is 0.276. The first kappa shape index (κ1) is 26.9. The molecule has 1 aromatic rings. The number of nitrogens with one attached hydrogen (secondary N) is 2. The lowest BCUT2D eigenvalue weighted by atomic mass is 9.83. The van der Waals surface area contributed by atoms with Crippen molar-refractivity contribution in [2.75, 3.05) is 46.9 Å². The van der Waals surface area contributed by atoms with Gasteiger partial charge in [-0.3, -0.25) is 9.79 Å². The second-order valence-electron chi connectivity index (χ2n) is 9.24. The zero-order chi connectivity index (χ0) is 21.9. The van der Waals surface area contributed by atoms with Gasteiger partial charge in [-0.1, -0.05) is 43.2 Å². The summed E-state index contributed by atoms with van der Waals surface area (Å²) in [4.78, 5) is 19.0. The van der Waals surface area contributed by atoms with Crippen LogP contribution in [-0.2, 0) is 16.0 Å². The monoisotopic (exact) mass is 556 g/mol. The van der Waals surface area contributed by atoms with Crippen LogP contribution in [0, 0.1) is 11.3 Å². The van der Waals surface area contributed by atoms with Crippen molar-refractivity contribution in [2.45, 2.75) is 51.4 Å². The van der Waals surface area contributed by atoms with Crippen LogP contribution < -0.4 is 10.6 Å². The Kier molecular flexibility index (Phi) is 11.8. The SMILES string of the molecule is CN=C(NCC(=O)N1CCC(Cc2ccccc2)CC1)NCC1(CCOC)CCCC1.I. The number of nitrogens with zero attached hydrogens (tertiary/aromatic N) is 2. The fourth-order valence-corrected chi connectivity index (χ4v) is 5.06. The Hall–Kier alpha value is -1.35. The van der Waals surface area contributed by atoms with Gasteiger partial charge in [-0.05, 0) is 55.4 Å². The molecule has 6 nitrogen and oxygen atoms in total. The summed E-state index contributed by atoms with van der Waals surface area (Å²) in [6, 6.07) is 10.7. The summed E-state index contributed by atoms with van der Waals surface area (Å²) in [6.45, 7) is 3.68. The molecule has 2 fully saturated rings. The maximum atomic E-state index is 12.7. The fraction of sp³-hybridized carbons (Fsp3) is 0.680. The van der Waals surface area contributed by atoms with Gasteiger partial charge >= 0.3 is 0 Å². The Morgan fingerprint density at radius 2 is 1.84 bits per heavy atom. The third kappa shape index (κ3) is 8.21. The van der Waals surface area contributed by atoms with Crippen molar-refractivity contribution in [1.82, 2.24) is 15.5 Å². The lowest BCUT2D eigenvalue weighted by Crippen LogP contribution is -2.48. The largest absolute Gasteiger partial charge is 0.385 e. The fourth-order valence-electron chi connectivity index (χ4n) is 5.06. The summed E-state index contributed by atoms with van der Waals surface area (Å²) in [6.07, 6.45) is 9.39. The van der Waals surface area contributed by atoms with Crippen molar-refractivity contribution in [3.05, 3.63) is 35.9 Å². The minimum atomic E-state index is 0. The van der Waals surface area contributed by atoms with E-state index in [1.54, 1.807) is 14.2 Å². The summed E-state index contributed by atoms with van der Waals surface area (Å²) in [5.41, 5.74) is 1.69. The summed E-state index contributed by atoms with van der Waals surface area (Å²) in [5, 5.41) is 6.70. The van der Waals surface area contributed by atoms with E-state index in [-0.39, 0.29) is 35.3 Å². The number of piperidine rings is 1. The van der Waals surface area contributed by atoms with Gasteiger partial charge in [-0.15, -0.1) is 24.0 Å². The first-order valence-electron chi connectivity index (χ1n) is 11.9. The number of rotatable bonds is 9. The molecule has 0 radical (unpaired) electrons. The predicted molar refractivity (Wildman–Crippen MR) is 142 cm³/mol. The van der Waals surface area contributed by atoms with Crippen LogP contribution in [0.4, 0.5) is 0 Å². The Balaban J connectivity index is 0.00000363. The van der Waals surface area contributed by atoms with Crippen LogP contribution in [0.2, 0.25) is 0 Å². The molecule has 0 aromatic heterocycles. The highest BCUT2D eigenvalue weighted by Crippen LogP contribution is 2.40. The van der Waals surface area contributed by atoms with E-state index in [1.807, 2.05) is 4.90 Å². The Bertz CT molecular complexity index is 699. The zero-order valence-electron chi connectivity index (χ0n) is 19.8. The molecule has 32 heavy (non-hydrogen) atoms. The molecule has 1 heterocycles. The molecule has 0 spiro atoms. The number of guanidine groups is 1. The Morgan fingerprint density at radius 1 is 1.16 bits per heavy atom. The maximum absolute atomic E-state index is 12.7. The summed E-state index contributed by atoms with van der Waals surface area (Å²) >= 11 is 0. The molecule has 0 atom stereocenters. The van der Waals surface area contributed by atoms with Crippen molar-refractivity contribution < 1.29 is 9.53 Å². The van der Waals surface area contributed by atoms with Crippen LogP contribution in [0.25, 0.3) is 0 Å². The number of hydrogen-bond donors (Lipinski definition) is 2. The molecule has 2 N–H and O–H groups in total. The van der Waals surface area contributed by atoms with Gasteiger partial charge in [0.05, 0.1) is 6.54 Å². The van der Waals surface area contributed by atoms with Crippen molar-refractivity contribution in [3.8, 4) is 0 Å². The highest BCUT2D eigenvalue weighted by molar-refractivity contribution is 14.0. The standard InChI is InChI=1S/C25H40N4O2.HI/c1-26-24(28-20-25(14-17-31-2)12-6-7-13-25)27-19-23(30)29-15-10-22(11-16-29)18-21-8-4-3-5-9-21;/h3-5,8-9,22H,6-7,10-20H2,1-2H3,(H2,26,27,28);1H. The van der Waals surface area contributed by atoms with E-state index >= 15 is 0 Å². The number of carbonyl (C=O) groups is 1. The summed E-state index contributed by atoms with van der Waals surface area (Å²) < 4.78 is 5.32. The molecule has 7 heteroatoms. The normalized spacial score (nSPS) is 18.8. The van der Waals surface area contributed by atoms with E-state index < -0.39 is 0 Å². The average Bonchev–Trinajstić information content (AvgIpc) is 3.28. The molecule has 1 saturated heterocycles. The molecule has 1 aliphatic heterocycles. The molecule has 2 aliphatic rings. The van der Waals surface area contributed by atoms with E-state index in [9.17, 15) is 4.79 Å². The van der Waals surface area contributed by atoms with Crippen LogP contribution in [0.3, 0.4) is 0 Å². The third-order valence-electron chi connectivity index (χ3n) is 7.10. The lowest BCUT2D eigenvalue weighted by Gasteiger charge is -2.32. The van der Waals surface area contributed by atoms with Gasteiger partial charge in [0.15, 0.2) is 5.96 Å². The summed E-state index contributed by atoms with van der Waals surface area (Å²) in [5.74, 6) is 1.55. The van der Waals surface area contributed by atoms with Crippen LogP contribution in [0.1, 0.15) is 50.5 Å². The number of halogens is 1.